The minimum absolute atomic E-state index is 0.0429. The molecule has 1 aliphatic rings. The first-order chi connectivity index (χ1) is 13.7. The molecule has 0 spiro atoms. The van der Waals surface area contributed by atoms with Crippen molar-refractivity contribution < 1.29 is 14.6 Å². The van der Waals surface area contributed by atoms with Gasteiger partial charge < -0.3 is 14.7 Å². The lowest BCUT2D eigenvalue weighted by Gasteiger charge is -2.32. The summed E-state index contributed by atoms with van der Waals surface area (Å²) in [6, 6.07) is 7.89. The van der Waals surface area contributed by atoms with E-state index < -0.39 is 5.97 Å². The molecule has 28 heavy (non-hydrogen) atoms. The fourth-order valence-electron chi connectivity index (χ4n) is 3.44. The average molecular weight is 396 g/mol. The quantitative estimate of drug-likeness (QED) is 0.703. The number of benzene rings is 1. The SMILES string of the molecule is COc1ccccc1-c1csc(C2CCCN(c3cnc(C(=O)O)cn3)C2)n1. The number of hydrogen-bond donors (Lipinski definition) is 1. The second-order valence-electron chi connectivity index (χ2n) is 6.62. The molecule has 1 saturated heterocycles. The van der Waals surface area contributed by atoms with Gasteiger partial charge in [0, 0.05) is 30.0 Å². The van der Waals surface area contributed by atoms with Gasteiger partial charge in [0.2, 0.25) is 0 Å². The molecule has 8 heteroatoms. The number of nitrogens with zero attached hydrogens (tertiary/aromatic N) is 4. The summed E-state index contributed by atoms with van der Waals surface area (Å²) in [4.78, 5) is 26.2. The van der Waals surface area contributed by atoms with Crippen LogP contribution < -0.4 is 9.64 Å². The Hall–Kier alpha value is -3.00. The first-order valence-electron chi connectivity index (χ1n) is 9.05. The number of aromatic carboxylic acids is 1. The number of carboxylic acid groups (broad SMARTS) is 1. The van der Waals surface area contributed by atoms with Crippen molar-refractivity contribution in [3.63, 3.8) is 0 Å². The fourth-order valence-corrected chi connectivity index (χ4v) is 4.38. The molecule has 4 rings (SSSR count). The van der Waals surface area contributed by atoms with E-state index >= 15 is 0 Å². The zero-order valence-corrected chi connectivity index (χ0v) is 16.2. The number of ether oxygens (including phenoxy) is 1. The van der Waals surface area contributed by atoms with E-state index in [-0.39, 0.29) is 5.69 Å². The average Bonchev–Trinajstić information content (AvgIpc) is 3.24. The third kappa shape index (κ3) is 3.68. The predicted octanol–water partition coefficient (Wildman–Crippen LogP) is 3.69. The van der Waals surface area contributed by atoms with Crippen molar-refractivity contribution in [3.8, 4) is 17.0 Å². The Labute approximate surface area is 166 Å². The molecular weight excluding hydrogens is 376 g/mol. The lowest BCUT2D eigenvalue weighted by atomic mass is 9.98. The summed E-state index contributed by atoms with van der Waals surface area (Å²) in [5.74, 6) is 0.764. The maximum atomic E-state index is 11.0. The van der Waals surface area contributed by atoms with Gasteiger partial charge in [-0.1, -0.05) is 12.1 Å². The van der Waals surface area contributed by atoms with Crippen LogP contribution in [0.15, 0.2) is 42.0 Å². The van der Waals surface area contributed by atoms with Crippen LogP contribution in [-0.4, -0.2) is 46.2 Å². The van der Waals surface area contributed by atoms with Gasteiger partial charge in [-0.3, -0.25) is 0 Å². The third-order valence-electron chi connectivity index (χ3n) is 4.86. The summed E-state index contributed by atoms with van der Waals surface area (Å²) in [7, 11) is 1.67. The van der Waals surface area contributed by atoms with E-state index in [1.54, 1.807) is 18.4 Å². The van der Waals surface area contributed by atoms with Gasteiger partial charge in [-0.2, -0.15) is 0 Å². The fraction of sp³-hybridized carbons (Fsp3) is 0.300. The number of thiazole rings is 1. The van der Waals surface area contributed by atoms with Gasteiger partial charge in [0.15, 0.2) is 5.69 Å². The highest BCUT2D eigenvalue weighted by molar-refractivity contribution is 7.10. The summed E-state index contributed by atoms with van der Waals surface area (Å²) < 4.78 is 5.46. The highest BCUT2D eigenvalue weighted by Gasteiger charge is 2.25. The lowest BCUT2D eigenvalue weighted by molar-refractivity contribution is 0.0690. The lowest BCUT2D eigenvalue weighted by Crippen LogP contribution is -2.35. The highest BCUT2D eigenvalue weighted by Crippen LogP contribution is 2.35. The van der Waals surface area contributed by atoms with Gasteiger partial charge in [0.05, 0.1) is 30.2 Å². The van der Waals surface area contributed by atoms with Crippen LogP contribution >= 0.6 is 11.3 Å². The van der Waals surface area contributed by atoms with E-state index in [0.29, 0.717) is 11.7 Å². The molecular formula is C20H20N4O3S. The Morgan fingerprint density at radius 3 is 2.89 bits per heavy atom. The molecule has 2 aromatic heterocycles. The van der Waals surface area contributed by atoms with Gasteiger partial charge >= 0.3 is 5.97 Å². The molecule has 0 bridgehead atoms. The number of carboxylic acids is 1. The molecule has 3 aromatic rings. The standard InChI is InChI=1S/C20H20N4O3S/c1-27-17-7-3-2-6-14(17)16-12-28-19(23-16)13-5-4-8-24(11-13)18-10-21-15(9-22-18)20(25)26/h2-3,6-7,9-10,12-13H,4-5,8,11H2,1H3,(H,25,26). The Morgan fingerprint density at radius 2 is 2.14 bits per heavy atom. The highest BCUT2D eigenvalue weighted by atomic mass is 32.1. The van der Waals surface area contributed by atoms with Gasteiger partial charge in [0.1, 0.15) is 11.6 Å². The largest absolute Gasteiger partial charge is 0.496 e. The van der Waals surface area contributed by atoms with E-state index in [2.05, 4.69) is 20.2 Å². The molecule has 3 heterocycles. The first kappa shape index (κ1) is 18.4. The van der Waals surface area contributed by atoms with Crippen molar-refractivity contribution in [2.45, 2.75) is 18.8 Å². The molecule has 1 atom stereocenters. The van der Waals surface area contributed by atoms with Crippen LogP contribution in [0.1, 0.15) is 34.3 Å². The van der Waals surface area contributed by atoms with E-state index in [0.717, 1.165) is 47.9 Å². The summed E-state index contributed by atoms with van der Waals surface area (Å²) in [6.07, 6.45) is 4.94. The molecule has 0 aliphatic carbocycles. The summed E-state index contributed by atoms with van der Waals surface area (Å²) in [6.45, 7) is 1.67. The van der Waals surface area contributed by atoms with Crippen LogP contribution in [0.2, 0.25) is 0 Å². The molecule has 1 unspecified atom stereocenters. The maximum Gasteiger partial charge on any atom is 0.356 e. The van der Waals surface area contributed by atoms with Crippen LogP contribution in [0.3, 0.4) is 0 Å². The minimum atomic E-state index is -1.07. The number of aromatic nitrogens is 3. The van der Waals surface area contributed by atoms with E-state index in [9.17, 15) is 4.79 Å². The molecule has 1 N–H and O–H groups in total. The summed E-state index contributed by atoms with van der Waals surface area (Å²) in [5.41, 5.74) is 1.88. The Balaban J connectivity index is 1.52. The zero-order valence-electron chi connectivity index (χ0n) is 15.4. The van der Waals surface area contributed by atoms with E-state index in [1.165, 1.54) is 12.4 Å². The Kier molecular flexibility index (Phi) is 5.21. The smallest absolute Gasteiger partial charge is 0.356 e. The maximum absolute atomic E-state index is 11.0. The monoisotopic (exact) mass is 396 g/mol. The molecule has 7 nitrogen and oxygen atoms in total. The second-order valence-corrected chi connectivity index (χ2v) is 7.51. The summed E-state index contributed by atoms with van der Waals surface area (Å²) in [5, 5.41) is 12.2. The van der Waals surface area contributed by atoms with Crippen molar-refractivity contribution in [2.24, 2.45) is 0 Å². The van der Waals surface area contributed by atoms with E-state index in [1.807, 2.05) is 24.3 Å². The van der Waals surface area contributed by atoms with Gasteiger partial charge in [0.25, 0.3) is 0 Å². The van der Waals surface area contributed by atoms with Crippen molar-refractivity contribution in [3.05, 3.63) is 52.7 Å². The normalized spacial score (nSPS) is 16.8. The number of hydrogen-bond acceptors (Lipinski definition) is 7. The molecule has 1 fully saturated rings. The van der Waals surface area contributed by atoms with Crippen LogP contribution in [0.4, 0.5) is 5.82 Å². The molecule has 1 aromatic carbocycles. The van der Waals surface area contributed by atoms with Gasteiger partial charge in [-0.25, -0.2) is 19.7 Å². The number of anilines is 1. The summed E-state index contributed by atoms with van der Waals surface area (Å²) >= 11 is 1.67. The van der Waals surface area contributed by atoms with Crippen LogP contribution in [-0.2, 0) is 0 Å². The zero-order chi connectivity index (χ0) is 19.5. The Morgan fingerprint density at radius 1 is 1.29 bits per heavy atom. The predicted molar refractivity (Wildman–Crippen MR) is 107 cm³/mol. The first-order valence-corrected chi connectivity index (χ1v) is 9.93. The van der Waals surface area contributed by atoms with Crippen LogP contribution in [0.25, 0.3) is 11.3 Å². The molecule has 0 radical (unpaired) electrons. The molecule has 144 valence electrons. The van der Waals surface area contributed by atoms with Crippen molar-refractivity contribution >= 4 is 23.1 Å². The topological polar surface area (TPSA) is 88.4 Å². The Bertz CT molecular complexity index is 974. The third-order valence-corrected chi connectivity index (χ3v) is 5.86. The number of piperidine rings is 1. The van der Waals surface area contributed by atoms with Crippen LogP contribution in [0.5, 0.6) is 5.75 Å². The number of para-hydroxylation sites is 1. The van der Waals surface area contributed by atoms with E-state index in [4.69, 9.17) is 14.8 Å². The molecule has 0 saturated carbocycles. The van der Waals surface area contributed by atoms with Gasteiger partial charge in [-0.15, -0.1) is 11.3 Å². The van der Waals surface area contributed by atoms with Crippen LogP contribution in [0, 0.1) is 0 Å². The van der Waals surface area contributed by atoms with Crippen molar-refractivity contribution in [1.82, 2.24) is 15.0 Å². The second kappa shape index (κ2) is 7.93. The number of carbonyl (C=O) groups is 1. The minimum Gasteiger partial charge on any atom is -0.496 e. The number of rotatable bonds is 5. The van der Waals surface area contributed by atoms with Gasteiger partial charge in [-0.05, 0) is 25.0 Å². The van der Waals surface area contributed by atoms with Crippen molar-refractivity contribution in [2.75, 3.05) is 25.1 Å². The molecule has 1 aliphatic heterocycles. The number of methoxy groups -OCH3 is 1. The van der Waals surface area contributed by atoms with Crippen molar-refractivity contribution in [1.29, 1.82) is 0 Å². The molecule has 0 amide bonds.